The Kier molecular flexibility index (Phi) is 7.29. The highest BCUT2D eigenvalue weighted by atomic mass is 35.5. The van der Waals surface area contributed by atoms with Crippen LogP contribution in [0.3, 0.4) is 0 Å². The van der Waals surface area contributed by atoms with Crippen molar-refractivity contribution < 1.29 is 17.9 Å². The van der Waals surface area contributed by atoms with E-state index in [9.17, 15) is 13.2 Å². The van der Waals surface area contributed by atoms with Crippen LogP contribution in [0.1, 0.15) is 17.3 Å². The number of ether oxygens (including phenoxy) is 1. The summed E-state index contributed by atoms with van der Waals surface area (Å²) in [7, 11) is -2.31. The zero-order valence-electron chi connectivity index (χ0n) is 15.7. The lowest BCUT2D eigenvalue weighted by Crippen LogP contribution is -2.52. The van der Waals surface area contributed by atoms with E-state index >= 15 is 0 Å². The molecule has 0 spiro atoms. The Morgan fingerprint density at radius 1 is 1.18 bits per heavy atom. The van der Waals surface area contributed by atoms with Crippen LogP contribution in [0.2, 0.25) is 0 Å². The number of piperazine rings is 1. The lowest BCUT2D eigenvalue weighted by molar-refractivity contribution is 0.0655. The zero-order valence-corrected chi connectivity index (χ0v) is 17.3. The van der Waals surface area contributed by atoms with Crippen LogP contribution >= 0.6 is 12.4 Å². The van der Waals surface area contributed by atoms with Crippen molar-refractivity contribution in [1.29, 1.82) is 0 Å². The molecule has 1 fully saturated rings. The normalized spacial score (nSPS) is 16.8. The van der Waals surface area contributed by atoms with E-state index in [1.807, 2.05) is 6.92 Å². The standard InChI is InChI=1S/C19H23N3O4S.ClH/c1-14-13-20-11-12-22(14)19(23)15-7-9-16(10-8-15)27(24,25)21-17-5-3-4-6-18(17)26-2;/h3-10,14,20-21H,11-13H2,1-2H3;1H/t14-;/m0./s1. The fourth-order valence-corrected chi connectivity index (χ4v) is 4.09. The fourth-order valence-electron chi connectivity index (χ4n) is 3.02. The van der Waals surface area contributed by atoms with Crippen molar-refractivity contribution in [2.24, 2.45) is 0 Å². The number of nitrogens with one attached hydrogen (secondary N) is 2. The molecular formula is C19H24ClN3O4S. The summed E-state index contributed by atoms with van der Waals surface area (Å²) in [6.07, 6.45) is 0. The van der Waals surface area contributed by atoms with Gasteiger partial charge in [-0.3, -0.25) is 9.52 Å². The number of carbonyl (C=O) groups excluding carboxylic acids is 1. The minimum absolute atomic E-state index is 0. The number of hydrogen-bond acceptors (Lipinski definition) is 5. The van der Waals surface area contributed by atoms with Gasteiger partial charge in [0.1, 0.15) is 5.75 Å². The number of hydrogen-bond donors (Lipinski definition) is 2. The van der Waals surface area contributed by atoms with Crippen LogP contribution in [0.5, 0.6) is 5.75 Å². The number of methoxy groups -OCH3 is 1. The molecule has 1 aliphatic rings. The molecule has 3 rings (SSSR count). The van der Waals surface area contributed by atoms with Gasteiger partial charge in [-0.1, -0.05) is 12.1 Å². The minimum atomic E-state index is -3.79. The molecule has 2 aromatic carbocycles. The molecule has 7 nitrogen and oxygen atoms in total. The van der Waals surface area contributed by atoms with E-state index in [1.54, 1.807) is 41.3 Å². The van der Waals surface area contributed by atoms with Crippen molar-refractivity contribution >= 4 is 34.0 Å². The van der Waals surface area contributed by atoms with E-state index in [4.69, 9.17) is 4.74 Å². The second-order valence-electron chi connectivity index (χ2n) is 6.38. The van der Waals surface area contributed by atoms with E-state index in [1.165, 1.54) is 19.2 Å². The van der Waals surface area contributed by atoms with Gasteiger partial charge in [0.15, 0.2) is 0 Å². The predicted octanol–water partition coefficient (Wildman–Crippen LogP) is 2.35. The SMILES string of the molecule is COc1ccccc1NS(=O)(=O)c1ccc(C(=O)N2CCNC[C@@H]2C)cc1.Cl. The lowest BCUT2D eigenvalue weighted by atomic mass is 10.1. The number of para-hydroxylation sites is 2. The summed E-state index contributed by atoms with van der Waals surface area (Å²) < 4.78 is 33.0. The molecule has 1 saturated heterocycles. The molecule has 1 atom stereocenters. The van der Waals surface area contributed by atoms with Crippen molar-refractivity contribution in [2.75, 3.05) is 31.5 Å². The van der Waals surface area contributed by atoms with Crippen LogP contribution in [0.25, 0.3) is 0 Å². The quantitative estimate of drug-likeness (QED) is 0.767. The Bertz CT molecular complexity index is 919. The third-order valence-corrected chi connectivity index (χ3v) is 5.91. The second-order valence-corrected chi connectivity index (χ2v) is 8.06. The van der Waals surface area contributed by atoms with Gasteiger partial charge in [-0.05, 0) is 43.3 Å². The van der Waals surface area contributed by atoms with Crippen LogP contribution in [-0.2, 0) is 10.0 Å². The first-order valence-electron chi connectivity index (χ1n) is 8.70. The maximum atomic E-state index is 12.7. The van der Waals surface area contributed by atoms with E-state index < -0.39 is 10.0 Å². The summed E-state index contributed by atoms with van der Waals surface area (Å²) in [6.45, 7) is 4.13. The Hall–Kier alpha value is -2.29. The van der Waals surface area contributed by atoms with Gasteiger partial charge in [0.2, 0.25) is 0 Å². The fraction of sp³-hybridized carbons (Fsp3) is 0.316. The summed E-state index contributed by atoms with van der Waals surface area (Å²) >= 11 is 0. The largest absolute Gasteiger partial charge is 0.495 e. The van der Waals surface area contributed by atoms with E-state index in [2.05, 4.69) is 10.0 Å². The molecule has 2 aromatic rings. The topological polar surface area (TPSA) is 87.7 Å². The van der Waals surface area contributed by atoms with Crippen molar-refractivity contribution in [3.63, 3.8) is 0 Å². The lowest BCUT2D eigenvalue weighted by Gasteiger charge is -2.34. The van der Waals surface area contributed by atoms with Crippen molar-refractivity contribution in [1.82, 2.24) is 10.2 Å². The molecule has 0 bridgehead atoms. The molecule has 28 heavy (non-hydrogen) atoms. The molecule has 0 radical (unpaired) electrons. The summed E-state index contributed by atoms with van der Waals surface area (Å²) in [4.78, 5) is 14.5. The minimum Gasteiger partial charge on any atom is -0.495 e. The Balaban J connectivity index is 0.00000280. The molecule has 0 saturated carbocycles. The number of nitrogens with zero attached hydrogens (tertiary/aromatic N) is 1. The first-order chi connectivity index (χ1) is 12.9. The molecule has 1 aliphatic heterocycles. The van der Waals surface area contributed by atoms with Crippen LogP contribution in [0.4, 0.5) is 5.69 Å². The molecule has 152 valence electrons. The maximum Gasteiger partial charge on any atom is 0.262 e. The Labute approximate surface area is 171 Å². The molecule has 1 heterocycles. The third kappa shape index (κ3) is 4.76. The molecule has 0 aliphatic carbocycles. The van der Waals surface area contributed by atoms with E-state index in [0.717, 1.165) is 13.1 Å². The predicted molar refractivity (Wildman–Crippen MR) is 111 cm³/mol. The first kappa shape index (κ1) is 22.0. The average molecular weight is 426 g/mol. The average Bonchev–Trinajstić information content (AvgIpc) is 2.68. The van der Waals surface area contributed by atoms with E-state index in [-0.39, 0.29) is 29.3 Å². The number of benzene rings is 2. The van der Waals surface area contributed by atoms with Gasteiger partial charge < -0.3 is 15.0 Å². The second kappa shape index (κ2) is 9.27. The van der Waals surface area contributed by atoms with Gasteiger partial charge in [-0.2, -0.15) is 0 Å². The molecule has 0 aromatic heterocycles. The van der Waals surface area contributed by atoms with Crippen molar-refractivity contribution in [3.8, 4) is 5.75 Å². The summed E-state index contributed by atoms with van der Waals surface area (Å²) in [5.74, 6) is 0.339. The maximum absolute atomic E-state index is 12.7. The number of anilines is 1. The van der Waals surface area contributed by atoms with Crippen LogP contribution in [-0.4, -0.2) is 52.0 Å². The highest BCUT2D eigenvalue weighted by Gasteiger charge is 2.24. The van der Waals surface area contributed by atoms with Gasteiger partial charge in [-0.25, -0.2) is 8.42 Å². The molecule has 9 heteroatoms. The van der Waals surface area contributed by atoms with Crippen LogP contribution in [0.15, 0.2) is 53.4 Å². The number of carbonyl (C=O) groups is 1. The van der Waals surface area contributed by atoms with Crippen molar-refractivity contribution in [2.45, 2.75) is 17.9 Å². The number of halogens is 1. The van der Waals surface area contributed by atoms with Gasteiger partial charge in [0, 0.05) is 31.2 Å². The van der Waals surface area contributed by atoms with E-state index in [0.29, 0.717) is 23.5 Å². The van der Waals surface area contributed by atoms with Crippen molar-refractivity contribution in [3.05, 3.63) is 54.1 Å². The molecule has 2 N–H and O–H groups in total. The molecular weight excluding hydrogens is 402 g/mol. The summed E-state index contributed by atoms with van der Waals surface area (Å²) in [5.41, 5.74) is 0.829. The third-order valence-electron chi connectivity index (χ3n) is 4.53. The Morgan fingerprint density at radius 2 is 1.86 bits per heavy atom. The Morgan fingerprint density at radius 3 is 2.50 bits per heavy atom. The van der Waals surface area contributed by atoms with Gasteiger partial charge in [0.25, 0.3) is 15.9 Å². The number of rotatable bonds is 5. The highest BCUT2D eigenvalue weighted by molar-refractivity contribution is 7.92. The monoisotopic (exact) mass is 425 g/mol. The van der Waals surface area contributed by atoms with Gasteiger partial charge in [-0.15, -0.1) is 12.4 Å². The number of amides is 1. The highest BCUT2D eigenvalue weighted by Crippen LogP contribution is 2.26. The summed E-state index contributed by atoms with van der Waals surface area (Å²) in [5, 5.41) is 3.24. The smallest absolute Gasteiger partial charge is 0.262 e. The number of sulfonamides is 1. The van der Waals surface area contributed by atoms with Crippen LogP contribution < -0.4 is 14.8 Å². The van der Waals surface area contributed by atoms with Gasteiger partial charge in [0.05, 0.1) is 17.7 Å². The molecule has 1 amide bonds. The first-order valence-corrected chi connectivity index (χ1v) is 10.2. The summed E-state index contributed by atoms with van der Waals surface area (Å²) in [6, 6.07) is 12.9. The van der Waals surface area contributed by atoms with Gasteiger partial charge >= 0.3 is 0 Å². The zero-order chi connectivity index (χ0) is 19.4. The van der Waals surface area contributed by atoms with Crippen LogP contribution in [0, 0.1) is 0 Å². The molecule has 0 unspecified atom stereocenters.